The minimum atomic E-state index is -4.49. The second-order valence-corrected chi connectivity index (χ2v) is 4.16. The van der Waals surface area contributed by atoms with Crippen LogP contribution in [0, 0.1) is 0 Å². The fraction of sp³-hybridized carbons (Fsp3) is 0.714. The molecule has 1 amide bonds. The molecule has 0 saturated heterocycles. The second-order valence-electron chi connectivity index (χ2n) is 2.92. The predicted octanol–water partition coefficient (Wildman–Crippen LogP) is -0.533. The maximum atomic E-state index is 11.0. The molecular formula is C7H14NO7P. The number of hydrogen-bond donors (Lipinski definition) is 4. The third kappa shape index (κ3) is 11.1. The van der Waals surface area contributed by atoms with E-state index in [1.165, 1.54) is 0 Å². The topological polar surface area (TPSA) is 133 Å². The van der Waals surface area contributed by atoms with Gasteiger partial charge in [0.05, 0.1) is 6.61 Å². The van der Waals surface area contributed by atoms with Crippen molar-refractivity contribution in [1.82, 2.24) is 5.32 Å². The zero-order valence-corrected chi connectivity index (χ0v) is 9.35. The maximum absolute atomic E-state index is 11.0. The summed E-state index contributed by atoms with van der Waals surface area (Å²) < 4.78 is 14.3. The molecule has 0 fully saturated rings. The van der Waals surface area contributed by atoms with E-state index in [4.69, 9.17) is 14.9 Å². The average molecular weight is 255 g/mol. The van der Waals surface area contributed by atoms with Crippen LogP contribution in [0.1, 0.15) is 19.3 Å². The third-order valence-corrected chi connectivity index (χ3v) is 2.00. The molecule has 94 valence electrons. The van der Waals surface area contributed by atoms with Crippen LogP contribution in [0.5, 0.6) is 0 Å². The Morgan fingerprint density at radius 3 is 2.38 bits per heavy atom. The Labute approximate surface area is 91.8 Å². The molecule has 0 spiro atoms. The third-order valence-electron chi connectivity index (χ3n) is 1.48. The Morgan fingerprint density at radius 1 is 1.25 bits per heavy atom. The standard InChI is InChI=1S/C7H14NO7P/c9-6(2-1-3-7(10)11)8-4-5-15-16(12,13)14/h1-5H2,(H,8,9)(H,10,11)(H2,12,13,14). The van der Waals surface area contributed by atoms with Crippen LogP contribution in [0.4, 0.5) is 0 Å². The fourth-order valence-electron chi connectivity index (χ4n) is 0.844. The zero-order chi connectivity index (χ0) is 12.6. The summed E-state index contributed by atoms with van der Waals surface area (Å²) >= 11 is 0. The first-order valence-corrected chi connectivity index (χ1v) is 6.03. The molecule has 0 aromatic carbocycles. The van der Waals surface area contributed by atoms with Crippen LogP contribution in [-0.2, 0) is 18.7 Å². The van der Waals surface area contributed by atoms with Gasteiger partial charge in [0, 0.05) is 19.4 Å². The van der Waals surface area contributed by atoms with Gasteiger partial charge in [0.1, 0.15) is 0 Å². The van der Waals surface area contributed by atoms with Gasteiger partial charge in [-0.15, -0.1) is 0 Å². The van der Waals surface area contributed by atoms with E-state index in [0.29, 0.717) is 0 Å². The molecule has 0 bridgehead atoms. The number of nitrogens with one attached hydrogen (secondary N) is 1. The summed E-state index contributed by atoms with van der Waals surface area (Å²) in [6.07, 6.45) is 0.190. The predicted molar refractivity (Wildman–Crippen MR) is 52.5 cm³/mol. The lowest BCUT2D eigenvalue weighted by Crippen LogP contribution is -2.26. The van der Waals surface area contributed by atoms with E-state index >= 15 is 0 Å². The van der Waals surface area contributed by atoms with Crippen LogP contribution in [0.15, 0.2) is 0 Å². The molecule has 0 aromatic rings. The highest BCUT2D eigenvalue weighted by atomic mass is 31.2. The molecule has 8 nitrogen and oxygen atoms in total. The van der Waals surface area contributed by atoms with Crippen molar-refractivity contribution in [2.45, 2.75) is 19.3 Å². The van der Waals surface area contributed by atoms with Crippen molar-refractivity contribution in [1.29, 1.82) is 0 Å². The molecule has 9 heteroatoms. The monoisotopic (exact) mass is 255 g/mol. The van der Waals surface area contributed by atoms with Gasteiger partial charge in [-0.2, -0.15) is 0 Å². The number of carboxylic acid groups (broad SMARTS) is 1. The highest BCUT2D eigenvalue weighted by Crippen LogP contribution is 2.34. The summed E-state index contributed by atoms with van der Waals surface area (Å²) in [4.78, 5) is 37.7. The second kappa shape index (κ2) is 7.34. The summed E-state index contributed by atoms with van der Waals surface area (Å²) in [7, 11) is -4.49. The Balaban J connectivity index is 3.44. The van der Waals surface area contributed by atoms with Gasteiger partial charge in [0.15, 0.2) is 0 Å². The minimum absolute atomic E-state index is 0.0307. The lowest BCUT2D eigenvalue weighted by molar-refractivity contribution is -0.137. The SMILES string of the molecule is O=C(O)CCCC(=O)NCCOP(=O)(O)O. The highest BCUT2D eigenvalue weighted by molar-refractivity contribution is 7.46. The number of aliphatic carboxylic acids is 1. The zero-order valence-electron chi connectivity index (χ0n) is 8.46. The first kappa shape index (κ1) is 15.0. The highest BCUT2D eigenvalue weighted by Gasteiger charge is 2.12. The number of rotatable bonds is 8. The summed E-state index contributed by atoms with van der Waals surface area (Å²) in [5, 5.41) is 10.6. The molecule has 0 saturated carbocycles. The average Bonchev–Trinajstić information content (AvgIpc) is 2.10. The van der Waals surface area contributed by atoms with Gasteiger partial charge in [-0.3, -0.25) is 14.1 Å². The molecule has 0 unspecified atom stereocenters. The number of phosphoric ester groups is 1. The molecule has 16 heavy (non-hydrogen) atoms. The summed E-state index contributed by atoms with van der Waals surface area (Å²) in [5.41, 5.74) is 0. The Bertz CT molecular complexity index is 286. The van der Waals surface area contributed by atoms with E-state index in [9.17, 15) is 14.2 Å². The quantitative estimate of drug-likeness (QED) is 0.338. The molecule has 0 aliphatic carbocycles. The van der Waals surface area contributed by atoms with Crippen molar-refractivity contribution < 1.29 is 33.6 Å². The number of phosphoric acid groups is 1. The number of carbonyl (C=O) groups excluding carboxylic acids is 1. The van der Waals surface area contributed by atoms with Gasteiger partial charge in [0.25, 0.3) is 0 Å². The Hall–Kier alpha value is -0.950. The number of hydrogen-bond acceptors (Lipinski definition) is 4. The van der Waals surface area contributed by atoms with Crippen molar-refractivity contribution in [2.24, 2.45) is 0 Å². The molecular weight excluding hydrogens is 241 g/mol. The van der Waals surface area contributed by atoms with Gasteiger partial charge in [-0.1, -0.05) is 0 Å². The van der Waals surface area contributed by atoms with Gasteiger partial charge in [-0.05, 0) is 6.42 Å². The largest absolute Gasteiger partial charge is 0.481 e. The maximum Gasteiger partial charge on any atom is 0.469 e. The lowest BCUT2D eigenvalue weighted by atomic mass is 10.2. The molecule has 0 heterocycles. The molecule has 0 aliphatic rings. The Kier molecular flexibility index (Phi) is 6.91. The molecule has 4 N–H and O–H groups in total. The minimum Gasteiger partial charge on any atom is -0.481 e. The first-order valence-electron chi connectivity index (χ1n) is 4.50. The normalized spacial score (nSPS) is 11.1. The molecule has 0 radical (unpaired) electrons. The number of amides is 1. The van der Waals surface area contributed by atoms with E-state index in [-0.39, 0.29) is 38.3 Å². The molecule has 0 aromatic heterocycles. The van der Waals surface area contributed by atoms with Crippen molar-refractivity contribution in [3.05, 3.63) is 0 Å². The van der Waals surface area contributed by atoms with Crippen LogP contribution >= 0.6 is 7.82 Å². The summed E-state index contributed by atoms with van der Waals surface area (Å²) in [6.45, 7) is -0.327. The molecule has 0 rings (SSSR count). The van der Waals surface area contributed by atoms with Crippen molar-refractivity contribution in [3.63, 3.8) is 0 Å². The van der Waals surface area contributed by atoms with Crippen LogP contribution in [0.3, 0.4) is 0 Å². The van der Waals surface area contributed by atoms with Crippen LogP contribution < -0.4 is 5.32 Å². The summed E-state index contributed by atoms with van der Waals surface area (Å²) in [5.74, 6) is -1.35. The smallest absolute Gasteiger partial charge is 0.469 e. The van der Waals surface area contributed by atoms with Crippen LogP contribution in [0.2, 0.25) is 0 Å². The van der Waals surface area contributed by atoms with Gasteiger partial charge in [-0.25, -0.2) is 4.57 Å². The van der Waals surface area contributed by atoms with Gasteiger partial charge < -0.3 is 20.2 Å². The van der Waals surface area contributed by atoms with E-state index in [1.807, 2.05) is 0 Å². The van der Waals surface area contributed by atoms with Crippen molar-refractivity contribution in [2.75, 3.05) is 13.2 Å². The first-order chi connectivity index (χ1) is 7.31. The van der Waals surface area contributed by atoms with E-state index < -0.39 is 13.8 Å². The van der Waals surface area contributed by atoms with Crippen LogP contribution in [-0.4, -0.2) is 39.9 Å². The Morgan fingerprint density at radius 2 is 1.88 bits per heavy atom. The van der Waals surface area contributed by atoms with E-state index in [2.05, 4.69) is 9.84 Å². The van der Waals surface area contributed by atoms with Crippen molar-refractivity contribution >= 4 is 19.7 Å². The van der Waals surface area contributed by atoms with Crippen LogP contribution in [0.25, 0.3) is 0 Å². The van der Waals surface area contributed by atoms with Crippen molar-refractivity contribution in [3.8, 4) is 0 Å². The molecule has 0 atom stereocenters. The fourth-order valence-corrected chi connectivity index (χ4v) is 1.17. The number of carbonyl (C=O) groups is 2. The molecule has 0 aliphatic heterocycles. The summed E-state index contributed by atoms with van der Waals surface area (Å²) in [6, 6.07) is 0. The van der Waals surface area contributed by atoms with Gasteiger partial charge >= 0.3 is 13.8 Å². The van der Waals surface area contributed by atoms with E-state index in [1.54, 1.807) is 0 Å². The number of carboxylic acids is 1. The lowest BCUT2D eigenvalue weighted by Gasteiger charge is -2.06. The van der Waals surface area contributed by atoms with Gasteiger partial charge in [0.2, 0.25) is 5.91 Å². The van der Waals surface area contributed by atoms with E-state index in [0.717, 1.165) is 0 Å².